The third kappa shape index (κ3) is 5.34. The zero-order valence-corrected chi connectivity index (χ0v) is 4.80. The number of rotatable bonds is 1. The predicted molar refractivity (Wildman–Crippen MR) is 26.2 cm³/mol. The van der Waals surface area contributed by atoms with E-state index >= 15 is 0 Å². The number of quaternary nitrogens is 1. The first-order valence-electron chi connectivity index (χ1n) is 1.97. The van der Waals surface area contributed by atoms with Crippen LogP contribution in [0.15, 0.2) is 5.10 Å². The van der Waals surface area contributed by atoms with Crippen molar-refractivity contribution in [2.75, 3.05) is 21.1 Å². The second-order valence-corrected chi connectivity index (χ2v) is 2.13. The van der Waals surface area contributed by atoms with Crippen molar-refractivity contribution in [3.8, 4) is 0 Å². The lowest BCUT2D eigenvalue weighted by Gasteiger charge is -2.10. The maximum absolute atomic E-state index is 9.51. The van der Waals surface area contributed by atoms with Crippen molar-refractivity contribution in [2.45, 2.75) is 0 Å². The number of nitrogens with zero attached hydrogens (tertiary/aromatic N) is 2. The Morgan fingerprint density at radius 2 is 1.86 bits per heavy atom. The molecule has 0 atom stereocenters. The van der Waals surface area contributed by atoms with Gasteiger partial charge in [0.2, 0.25) is 0 Å². The van der Waals surface area contributed by atoms with Gasteiger partial charge in [-0.2, -0.15) is 4.59 Å². The molecule has 0 unspecified atom stereocenters. The van der Waals surface area contributed by atoms with Gasteiger partial charge in [0.15, 0.2) is 0 Å². The molecule has 0 N–H and O–H groups in total. The molecule has 0 rings (SSSR count). The summed E-state index contributed by atoms with van der Waals surface area (Å²) in [5.41, 5.74) is 0. The SMILES string of the molecule is C[N+](C)(C)N=C=O. The van der Waals surface area contributed by atoms with Crippen LogP contribution in [-0.2, 0) is 4.79 Å². The molecule has 0 aromatic carbocycles. The summed E-state index contributed by atoms with van der Waals surface area (Å²) in [5, 5.41) is 3.39. The lowest BCUT2D eigenvalue weighted by atomic mass is 10.9. The minimum Gasteiger partial charge on any atom is -0.206 e. The summed E-state index contributed by atoms with van der Waals surface area (Å²) in [6.07, 6.45) is 1.45. The number of hydrogen-bond donors (Lipinski definition) is 0. The number of carbonyl (C=O) groups excluding carboxylic acids is 1. The van der Waals surface area contributed by atoms with Gasteiger partial charge in [-0.1, -0.05) is 0 Å². The molecule has 3 heteroatoms. The molecule has 0 amide bonds. The lowest BCUT2D eigenvalue weighted by molar-refractivity contribution is -0.876. The molecule has 7 heavy (non-hydrogen) atoms. The molecular weight excluding hydrogens is 92.1 g/mol. The van der Waals surface area contributed by atoms with Crippen LogP contribution in [0.4, 0.5) is 0 Å². The van der Waals surface area contributed by atoms with Crippen molar-refractivity contribution in [3.63, 3.8) is 0 Å². The Morgan fingerprint density at radius 1 is 1.43 bits per heavy atom. The van der Waals surface area contributed by atoms with Crippen molar-refractivity contribution < 1.29 is 9.39 Å². The third-order valence-electron chi connectivity index (χ3n) is 0.341. The van der Waals surface area contributed by atoms with Gasteiger partial charge in [0.25, 0.3) is 6.08 Å². The minimum atomic E-state index is 0.295. The maximum Gasteiger partial charge on any atom is 0.294 e. The monoisotopic (exact) mass is 101 g/mol. The van der Waals surface area contributed by atoms with E-state index in [-0.39, 0.29) is 0 Å². The first kappa shape index (κ1) is 6.34. The fourth-order valence-corrected chi connectivity index (χ4v) is 0.122. The topological polar surface area (TPSA) is 29.4 Å². The largest absolute Gasteiger partial charge is 0.294 e. The van der Waals surface area contributed by atoms with Crippen molar-refractivity contribution in [2.24, 2.45) is 5.10 Å². The summed E-state index contributed by atoms with van der Waals surface area (Å²) in [4.78, 5) is 9.51. The van der Waals surface area contributed by atoms with E-state index in [1.54, 1.807) is 21.1 Å². The van der Waals surface area contributed by atoms with Crippen LogP contribution in [0.2, 0.25) is 0 Å². The molecule has 0 aromatic heterocycles. The van der Waals surface area contributed by atoms with Gasteiger partial charge >= 0.3 is 0 Å². The molecule has 0 saturated carbocycles. The van der Waals surface area contributed by atoms with Crippen LogP contribution < -0.4 is 0 Å². The molecule has 0 aliphatic heterocycles. The van der Waals surface area contributed by atoms with Crippen molar-refractivity contribution in [1.82, 2.24) is 0 Å². The van der Waals surface area contributed by atoms with E-state index in [0.29, 0.717) is 4.59 Å². The molecule has 0 bridgehead atoms. The van der Waals surface area contributed by atoms with Gasteiger partial charge in [-0.3, -0.25) is 0 Å². The second-order valence-electron chi connectivity index (χ2n) is 2.13. The summed E-state index contributed by atoms with van der Waals surface area (Å²) in [6.45, 7) is 0. The van der Waals surface area contributed by atoms with Gasteiger partial charge in [-0.05, 0) is 0 Å². The first-order valence-corrected chi connectivity index (χ1v) is 1.97. The highest BCUT2D eigenvalue weighted by Gasteiger charge is 2.00. The standard InChI is InChI=1S/C4H9N2O/c1-6(2,3)5-4-7/h1-3H3/q+1. The van der Waals surface area contributed by atoms with E-state index in [1.165, 1.54) is 6.08 Å². The summed E-state index contributed by atoms with van der Waals surface area (Å²) in [5.74, 6) is 0. The Morgan fingerprint density at radius 3 is 1.86 bits per heavy atom. The van der Waals surface area contributed by atoms with Crippen molar-refractivity contribution >= 4 is 6.08 Å². The Hall–Kier alpha value is -0.660. The van der Waals surface area contributed by atoms with E-state index in [4.69, 9.17) is 0 Å². The molecule has 0 spiro atoms. The van der Waals surface area contributed by atoms with Gasteiger partial charge < -0.3 is 0 Å². The summed E-state index contributed by atoms with van der Waals surface area (Å²) in [7, 11) is 5.35. The molecule has 3 nitrogen and oxygen atoms in total. The number of hydrogen-bond acceptors (Lipinski definition) is 2. The highest BCUT2D eigenvalue weighted by atomic mass is 16.1. The average molecular weight is 101 g/mol. The summed E-state index contributed by atoms with van der Waals surface area (Å²) >= 11 is 0. The molecule has 0 heterocycles. The lowest BCUT2D eigenvalue weighted by Crippen LogP contribution is -2.26. The van der Waals surface area contributed by atoms with Gasteiger partial charge in [-0.25, -0.2) is 4.79 Å². The highest BCUT2D eigenvalue weighted by molar-refractivity contribution is 5.31. The predicted octanol–water partition coefficient (Wildman–Crippen LogP) is -0.0566. The molecular formula is C4H9N2O+. The van der Waals surface area contributed by atoms with Crippen molar-refractivity contribution in [1.29, 1.82) is 0 Å². The fourth-order valence-electron chi connectivity index (χ4n) is 0.122. The first-order chi connectivity index (χ1) is 3.06. The highest BCUT2D eigenvalue weighted by Crippen LogP contribution is 1.85. The molecule has 40 valence electrons. The van der Waals surface area contributed by atoms with E-state index in [1.807, 2.05) is 0 Å². The zero-order chi connectivity index (χ0) is 5.91. The van der Waals surface area contributed by atoms with Crippen LogP contribution >= 0.6 is 0 Å². The fraction of sp³-hybridized carbons (Fsp3) is 0.750. The van der Waals surface area contributed by atoms with Crippen LogP contribution in [0.1, 0.15) is 0 Å². The third-order valence-corrected chi connectivity index (χ3v) is 0.341. The van der Waals surface area contributed by atoms with Gasteiger partial charge in [-0.15, -0.1) is 0 Å². The Kier molecular flexibility index (Phi) is 1.69. The van der Waals surface area contributed by atoms with E-state index < -0.39 is 0 Å². The molecule has 0 saturated heterocycles. The number of isocyanates is 1. The van der Waals surface area contributed by atoms with Crippen LogP contribution in [0, 0.1) is 0 Å². The van der Waals surface area contributed by atoms with Crippen LogP contribution in [0.3, 0.4) is 0 Å². The summed E-state index contributed by atoms with van der Waals surface area (Å²) in [6, 6.07) is 0. The Bertz CT molecular complexity index is 96.7. The zero-order valence-electron chi connectivity index (χ0n) is 4.80. The van der Waals surface area contributed by atoms with E-state index in [9.17, 15) is 4.79 Å². The smallest absolute Gasteiger partial charge is 0.206 e. The van der Waals surface area contributed by atoms with Gasteiger partial charge in [0.1, 0.15) is 0 Å². The molecule has 0 aliphatic carbocycles. The molecule has 0 radical (unpaired) electrons. The second kappa shape index (κ2) is 1.87. The molecule has 0 aromatic rings. The van der Waals surface area contributed by atoms with Crippen LogP contribution in [0.5, 0.6) is 0 Å². The summed E-state index contributed by atoms with van der Waals surface area (Å²) < 4.78 is 0.295. The minimum absolute atomic E-state index is 0.295. The Balaban J connectivity index is 3.80. The van der Waals surface area contributed by atoms with Crippen LogP contribution in [-0.4, -0.2) is 31.8 Å². The molecule has 0 aliphatic rings. The Labute approximate surface area is 42.8 Å². The normalized spacial score (nSPS) is 10.1. The van der Waals surface area contributed by atoms with Gasteiger partial charge in [0, 0.05) is 5.10 Å². The van der Waals surface area contributed by atoms with E-state index in [0.717, 1.165) is 0 Å². The van der Waals surface area contributed by atoms with Gasteiger partial charge in [0.05, 0.1) is 21.1 Å². The van der Waals surface area contributed by atoms with Crippen LogP contribution in [0.25, 0.3) is 0 Å². The van der Waals surface area contributed by atoms with E-state index in [2.05, 4.69) is 5.10 Å². The molecule has 0 fully saturated rings. The average Bonchev–Trinajstić information content (AvgIpc) is 1.30. The van der Waals surface area contributed by atoms with Crippen molar-refractivity contribution in [3.05, 3.63) is 0 Å². The quantitative estimate of drug-likeness (QED) is 0.197. The maximum atomic E-state index is 9.51.